The molecule has 4 nitrogen and oxygen atoms in total. The van der Waals surface area contributed by atoms with Crippen molar-refractivity contribution in [3.8, 4) is 6.07 Å². The zero-order valence-electron chi connectivity index (χ0n) is 18.1. The fraction of sp³-hybridized carbons (Fsp3) is 0.346. The molecule has 0 saturated heterocycles. The molecule has 4 rings (SSSR count). The van der Waals surface area contributed by atoms with Gasteiger partial charge in [-0.05, 0) is 50.0 Å². The maximum Gasteiger partial charge on any atom is 0.123 e. The molecule has 0 bridgehead atoms. The minimum Gasteiger partial charge on any atom is -0.317 e. The third kappa shape index (κ3) is 4.59. The third-order valence-electron chi connectivity index (χ3n) is 5.99. The number of aliphatic imine (C=N–C) groups is 1. The number of fused-ring (bicyclic) bond motifs is 1. The fourth-order valence-electron chi connectivity index (χ4n) is 4.52. The van der Waals surface area contributed by atoms with Crippen LogP contribution in [0, 0.1) is 23.1 Å². The molecule has 2 unspecified atom stereocenters. The van der Waals surface area contributed by atoms with Crippen LogP contribution in [0.2, 0.25) is 0 Å². The van der Waals surface area contributed by atoms with Crippen LogP contribution in [0.5, 0.6) is 0 Å². The topological polar surface area (TPSA) is 54.0 Å². The summed E-state index contributed by atoms with van der Waals surface area (Å²) in [6.45, 7) is 4.44. The van der Waals surface area contributed by atoms with Gasteiger partial charge >= 0.3 is 0 Å². The van der Waals surface area contributed by atoms with Crippen LogP contribution in [-0.2, 0) is 13.0 Å². The van der Waals surface area contributed by atoms with Gasteiger partial charge in [-0.3, -0.25) is 4.99 Å². The van der Waals surface area contributed by atoms with E-state index in [0.717, 1.165) is 53.4 Å². The number of benzene rings is 1. The van der Waals surface area contributed by atoms with Gasteiger partial charge in [0, 0.05) is 29.6 Å². The van der Waals surface area contributed by atoms with Gasteiger partial charge < -0.3 is 4.57 Å². The number of imidazole rings is 1. The highest BCUT2D eigenvalue weighted by molar-refractivity contribution is 6.03. The monoisotopic (exact) mass is 414 g/mol. The van der Waals surface area contributed by atoms with E-state index in [2.05, 4.69) is 35.8 Å². The standard InChI is InChI=1S/C26H27FN4/c1-18-8-4-3-5-13-23-26(18)31(15-14-28)24(30-23)17-21-10-6-9-19(2)29-25(21)20-11-7-12-22(27)16-20/h3-5,7,9,11-13,16,18,21H,6,8,10,15,17H2,1-2H3. The number of nitriles is 1. The average Bonchev–Trinajstić information content (AvgIpc) is 2.94. The molecular formula is C26H27FN4. The number of hydrogen-bond acceptors (Lipinski definition) is 3. The normalized spacial score (nSPS) is 20.7. The van der Waals surface area contributed by atoms with Crippen molar-refractivity contribution in [2.45, 2.75) is 52.0 Å². The molecule has 0 saturated carbocycles. The highest BCUT2D eigenvalue weighted by Crippen LogP contribution is 2.31. The van der Waals surface area contributed by atoms with Gasteiger partial charge in [0.25, 0.3) is 0 Å². The van der Waals surface area contributed by atoms with Crippen molar-refractivity contribution in [1.82, 2.24) is 9.55 Å². The first-order valence-corrected chi connectivity index (χ1v) is 10.9. The van der Waals surface area contributed by atoms with E-state index in [9.17, 15) is 9.65 Å². The number of allylic oxidation sites excluding steroid dienone is 5. The Morgan fingerprint density at radius 3 is 2.97 bits per heavy atom. The van der Waals surface area contributed by atoms with Gasteiger partial charge in [0.15, 0.2) is 0 Å². The first-order chi connectivity index (χ1) is 15.1. The van der Waals surface area contributed by atoms with E-state index in [1.165, 1.54) is 6.07 Å². The summed E-state index contributed by atoms with van der Waals surface area (Å²) in [4.78, 5) is 9.81. The van der Waals surface area contributed by atoms with E-state index < -0.39 is 0 Å². The molecule has 5 heteroatoms. The van der Waals surface area contributed by atoms with Crippen LogP contribution in [0.1, 0.15) is 61.8 Å². The van der Waals surface area contributed by atoms with E-state index >= 15 is 0 Å². The number of nitrogens with zero attached hydrogens (tertiary/aromatic N) is 4. The van der Waals surface area contributed by atoms with Crippen LogP contribution in [-0.4, -0.2) is 15.3 Å². The van der Waals surface area contributed by atoms with E-state index in [1.807, 2.05) is 25.1 Å². The van der Waals surface area contributed by atoms with Gasteiger partial charge in [-0.25, -0.2) is 9.37 Å². The minimum absolute atomic E-state index is 0.0959. The number of halogens is 1. The lowest BCUT2D eigenvalue weighted by Crippen LogP contribution is -2.21. The molecule has 0 fully saturated rings. The minimum atomic E-state index is -0.259. The van der Waals surface area contributed by atoms with Crippen LogP contribution in [0.4, 0.5) is 4.39 Å². The Kier molecular flexibility index (Phi) is 6.27. The van der Waals surface area contributed by atoms with Crippen molar-refractivity contribution in [1.29, 1.82) is 5.26 Å². The second-order valence-corrected chi connectivity index (χ2v) is 8.30. The van der Waals surface area contributed by atoms with Gasteiger partial charge in [-0.2, -0.15) is 5.26 Å². The molecule has 1 aliphatic heterocycles. The molecule has 2 heterocycles. The maximum atomic E-state index is 14.0. The van der Waals surface area contributed by atoms with Crippen molar-refractivity contribution < 1.29 is 4.39 Å². The van der Waals surface area contributed by atoms with Gasteiger partial charge in [0.1, 0.15) is 18.2 Å². The van der Waals surface area contributed by atoms with Crippen molar-refractivity contribution in [2.24, 2.45) is 10.9 Å². The van der Waals surface area contributed by atoms with Crippen LogP contribution in [0.25, 0.3) is 6.08 Å². The molecule has 1 aromatic heterocycles. The van der Waals surface area contributed by atoms with E-state index in [1.54, 1.807) is 12.1 Å². The van der Waals surface area contributed by atoms with Crippen molar-refractivity contribution in [3.63, 3.8) is 0 Å². The summed E-state index contributed by atoms with van der Waals surface area (Å²) in [5.74, 6) is 1.02. The van der Waals surface area contributed by atoms with Crippen LogP contribution in [0.3, 0.4) is 0 Å². The zero-order chi connectivity index (χ0) is 21.8. The number of aromatic nitrogens is 2. The van der Waals surface area contributed by atoms with E-state index in [0.29, 0.717) is 6.42 Å². The van der Waals surface area contributed by atoms with Gasteiger partial charge in [0.2, 0.25) is 0 Å². The molecule has 2 atom stereocenters. The molecule has 31 heavy (non-hydrogen) atoms. The molecule has 1 aromatic carbocycles. The lowest BCUT2D eigenvalue weighted by molar-refractivity contribution is 0.575. The summed E-state index contributed by atoms with van der Waals surface area (Å²) in [7, 11) is 0. The van der Waals surface area contributed by atoms with Crippen molar-refractivity contribution >= 4 is 11.8 Å². The molecule has 2 aliphatic rings. The smallest absolute Gasteiger partial charge is 0.123 e. The predicted octanol–water partition coefficient (Wildman–Crippen LogP) is 5.97. The molecule has 158 valence electrons. The molecule has 2 aromatic rings. The second kappa shape index (κ2) is 9.26. The molecule has 0 radical (unpaired) electrons. The van der Waals surface area contributed by atoms with Crippen molar-refractivity contribution in [2.75, 3.05) is 0 Å². The lowest BCUT2D eigenvalue weighted by atomic mass is 9.89. The number of rotatable bonds is 4. The van der Waals surface area contributed by atoms with Gasteiger partial charge in [-0.15, -0.1) is 0 Å². The van der Waals surface area contributed by atoms with Crippen molar-refractivity contribution in [3.05, 3.63) is 82.9 Å². The van der Waals surface area contributed by atoms with Crippen LogP contribution < -0.4 is 0 Å². The maximum absolute atomic E-state index is 14.0. The molecule has 0 amide bonds. The molecule has 0 N–H and O–H groups in total. The largest absolute Gasteiger partial charge is 0.317 e. The van der Waals surface area contributed by atoms with Crippen LogP contribution >= 0.6 is 0 Å². The Bertz CT molecular complexity index is 1130. The average molecular weight is 415 g/mol. The highest BCUT2D eigenvalue weighted by Gasteiger charge is 2.26. The van der Waals surface area contributed by atoms with Gasteiger partial charge in [0.05, 0.1) is 17.5 Å². The summed E-state index contributed by atoms with van der Waals surface area (Å²) in [6, 6.07) is 8.98. The third-order valence-corrected chi connectivity index (χ3v) is 5.99. The SMILES string of the molecule is CC1=CCCC(Cc2nc3c(n2CC#N)C(C)CC=CC=C3)C(c2cccc(F)c2)=N1. The van der Waals surface area contributed by atoms with E-state index in [-0.39, 0.29) is 24.2 Å². The fourth-order valence-corrected chi connectivity index (χ4v) is 4.52. The lowest BCUT2D eigenvalue weighted by Gasteiger charge is -2.20. The summed E-state index contributed by atoms with van der Waals surface area (Å²) >= 11 is 0. The predicted molar refractivity (Wildman–Crippen MR) is 122 cm³/mol. The van der Waals surface area contributed by atoms with E-state index in [4.69, 9.17) is 9.98 Å². The molecular weight excluding hydrogens is 387 g/mol. The number of hydrogen-bond donors (Lipinski definition) is 0. The Morgan fingerprint density at radius 2 is 2.16 bits per heavy atom. The second-order valence-electron chi connectivity index (χ2n) is 8.30. The molecule has 0 spiro atoms. The van der Waals surface area contributed by atoms with Crippen LogP contribution in [0.15, 0.2) is 59.3 Å². The van der Waals surface area contributed by atoms with Gasteiger partial charge in [-0.1, -0.05) is 43.4 Å². The quantitative estimate of drug-likeness (QED) is 0.619. The first kappa shape index (κ1) is 21.0. The highest BCUT2D eigenvalue weighted by atomic mass is 19.1. The Balaban J connectivity index is 1.75. The molecule has 1 aliphatic carbocycles. The Labute approximate surface area is 183 Å². The zero-order valence-corrected chi connectivity index (χ0v) is 18.1. The Hall–Kier alpha value is -3.26. The first-order valence-electron chi connectivity index (χ1n) is 10.9. The Morgan fingerprint density at radius 1 is 1.29 bits per heavy atom. The summed E-state index contributed by atoms with van der Waals surface area (Å²) in [5.41, 5.74) is 4.72. The summed E-state index contributed by atoms with van der Waals surface area (Å²) in [5, 5.41) is 9.52. The summed E-state index contributed by atoms with van der Waals surface area (Å²) < 4.78 is 16.1. The summed E-state index contributed by atoms with van der Waals surface area (Å²) in [6.07, 6.45) is 13.8.